The van der Waals surface area contributed by atoms with Crippen molar-refractivity contribution in [3.63, 3.8) is 0 Å². The second-order valence-corrected chi connectivity index (χ2v) is 10.7. The van der Waals surface area contributed by atoms with E-state index in [1.807, 2.05) is 45.0 Å². The molecule has 2 atom stereocenters. The predicted molar refractivity (Wildman–Crippen MR) is 133 cm³/mol. The van der Waals surface area contributed by atoms with Crippen LogP contribution in [0.1, 0.15) is 63.5 Å². The molecule has 2 N–H and O–H groups in total. The molecule has 2 aromatic carbocycles. The van der Waals surface area contributed by atoms with E-state index in [0.717, 1.165) is 28.7 Å². The number of carbonyl (C=O) groups is 3. The van der Waals surface area contributed by atoms with Gasteiger partial charge in [-0.2, -0.15) is 0 Å². The fourth-order valence-corrected chi connectivity index (χ4v) is 5.33. The maximum atomic E-state index is 13.4. The van der Waals surface area contributed by atoms with Crippen molar-refractivity contribution < 1.29 is 24.2 Å². The number of nitrogens with zero attached hydrogens (tertiary/aromatic N) is 1. The molecule has 0 bridgehead atoms. The minimum absolute atomic E-state index is 0.0663. The summed E-state index contributed by atoms with van der Waals surface area (Å²) >= 11 is 0. The lowest BCUT2D eigenvalue weighted by Gasteiger charge is -2.32. The smallest absolute Gasteiger partial charge is 0.407 e. The molecule has 1 aliphatic carbocycles. The molecule has 1 saturated heterocycles. The van der Waals surface area contributed by atoms with Crippen LogP contribution in [0.15, 0.2) is 48.5 Å². The molecule has 0 aromatic heterocycles. The Morgan fingerprint density at radius 2 is 1.66 bits per heavy atom. The number of alkyl carbamates (subject to hydrolysis) is 1. The van der Waals surface area contributed by atoms with E-state index in [2.05, 4.69) is 29.6 Å². The lowest BCUT2D eigenvalue weighted by Crippen LogP contribution is -2.51. The van der Waals surface area contributed by atoms with Crippen LogP contribution in [0.5, 0.6) is 0 Å². The molecule has 1 aliphatic heterocycles. The first-order valence-electron chi connectivity index (χ1n) is 12.3. The average molecular weight is 479 g/mol. The molecule has 2 aliphatic rings. The molecule has 7 heteroatoms. The molecule has 0 radical (unpaired) electrons. The molecule has 7 nitrogen and oxygen atoms in total. The summed E-state index contributed by atoms with van der Waals surface area (Å²) in [6, 6.07) is 15.1. The highest BCUT2D eigenvalue weighted by atomic mass is 16.5. The number of aliphatic carboxylic acids is 1. The number of likely N-dealkylation sites (tertiary alicyclic amines) is 1. The van der Waals surface area contributed by atoms with Crippen molar-refractivity contribution in [3.05, 3.63) is 59.7 Å². The van der Waals surface area contributed by atoms with Gasteiger partial charge in [0, 0.05) is 18.5 Å². The number of rotatable bonds is 7. The van der Waals surface area contributed by atoms with Gasteiger partial charge in [0.15, 0.2) is 0 Å². The van der Waals surface area contributed by atoms with Crippen molar-refractivity contribution in [1.82, 2.24) is 10.2 Å². The number of nitrogens with one attached hydrogen (secondary N) is 1. The van der Waals surface area contributed by atoms with Gasteiger partial charge in [-0.1, -0.05) is 69.3 Å². The third kappa shape index (κ3) is 5.66. The summed E-state index contributed by atoms with van der Waals surface area (Å²) < 4.78 is 5.67. The first kappa shape index (κ1) is 24.8. The molecule has 0 spiro atoms. The lowest BCUT2D eigenvalue weighted by atomic mass is 9.87. The molecule has 1 unspecified atom stereocenters. The Morgan fingerprint density at radius 1 is 1.06 bits per heavy atom. The van der Waals surface area contributed by atoms with Crippen LogP contribution in [0, 0.1) is 5.41 Å². The first-order valence-corrected chi connectivity index (χ1v) is 12.3. The minimum atomic E-state index is -0.924. The summed E-state index contributed by atoms with van der Waals surface area (Å²) in [7, 11) is 0. The van der Waals surface area contributed by atoms with E-state index in [1.54, 1.807) is 4.90 Å². The molecule has 35 heavy (non-hydrogen) atoms. The lowest BCUT2D eigenvalue weighted by molar-refractivity contribution is -0.140. The summed E-state index contributed by atoms with van der Waals surface area (Å²) in [5.41, 5.74) is 4.32. The predicted octanol–water partition coefficient (Wildman–Crippen LogP) is 4.80. The van der Waals surface area contributed by atoms with E-state index in [-0.39, 0.29) is 36.3 Å². The summed E-state index contributed by atoms with van der Waals surface area (Å²) in [4.78, 5) is 39.2. The van der Waals surface area contributed by atoms with Gasteiger partial charge in [-0.3, -0.25) is 9.59 Å². The van der Waals surface area contributed by atoms with Gasteiger partial charge in [-0.25, -0.2) is 4.79 Å². The third-order valence-electron chi connectivity index (χ3n) is 6.82. The number of fused-ring (bicyclic) bond motifs is 3. The fraction of sp³-hybridized carbons (Fsp3) is 0.464. The van der Waals surface area contributed by atoms with Gasteiger partial charge < -0.3 is 20.1 Å². The summed E-state index contributed by atoms with van der Waals surface area (Å²) in [6.45, 7) is 6.69. The maximum Gasteiger partial charge on any atom is 0.407 e. The highest BCUT2D eigenvalue weighted by molar-refractivity contribution is 5.87. The molecule has 2 amide bonds. The Hall–Kier alpha value is -3.35. The number of carboxylic acid groups (broad SMARTS) is 1. The van der Waals surface area contributed by atoms with E-state index in [4.69, 9.17) is 4.74 Å². The highest BCUT2D eigenvalue weighted by Gasteiger charge is 2.37. The van der Waals surface area contributed by atoms with Gasteiger partial charge in [0.2, 0.25) is 5.91 Å². The SMILES string of the molecule is CC(C)(C)CC(NC(=O)OCC1c2ccccc2-c2ccccc21)C(=O)N1CCC[C@H]1CC(=O)O. The number of carbonyl (C=O) groups excluding carboxylic acids is 2. The molecule has 2 aromatic rings. The third-order valence-corrected chi connectivity index (χ3v) is 6.82. The standard InChI is InChI=1S/C28H34N2O5/c1-28(2,3)16-24(26(33)30-14-8-9-18(30)15-25(31)32)29-27(34)35-17-23-21-12-6-4-10-19(21)20-11-5-7-13-22(20)23/h4-7,10-13,18,23-24H,8-9,14-17H2,1-3H3,(H,29,34)(H,31,32)/t18-,24?/m0/s1. The molecule has 0 saturated carbocycles. The van der Waals surface area contributed by atoms with Crippen LogP contribution >= 0.6 is 0 Å². The van der Waals surface area contributed by atoms with E-state index in [9.17, 15) is 19.5 Å². The van der Waals surface area contributed by atoms with Crippen LogP contribution in [0.2, 0.25) is 0 Å². The van der Waals surface area contributed by atoms with Gasteiger partial charge in [0.1, 0.15) is 12.6 Å². The van der Waals surface area contributed by atoms with Gasteiger partial charge in [-0.15, -0.1) is 0 Å². The van der Waals surface area contributed by atoms with Crippen molar-refractivity contribution in [3.8, 4) is 11.1 Å². The Labute approximate surface area is 206 Å². The Kier molecular flexibility index (Phi) is 7.15. The molecule has 1 heterocycles. The quantitative estimate of drug-likeness (QED) is 0.596. The largest absolute Gasteiger partial charge is 0.481 e. The molecular formula is C28H34N2O5. The number of benzene rings is 2. The number of ether oxygens (including phenoxy) is 1. The second kappa shape index (κ2) is 10.1. The number of hydrogen-bond acceptors (Lipinski definition) is 4. The van der Waals surface area contributed by atoms with Gasteiger partial charge >= 0.3 is 12.1 Å². The van der Waals surface area contributed by atoms with Crippen molar-refractivity contribution >= 4 is 18.0 Å². The van der Waals surface area contributed by atoms with Crippen LogP contribution < -0.4 is 5.32 Å². The Balaban J connectivity index is 1.45. The van der Waals surface area contributed by atoms with Crippen molar-refractivity contribution in [2.75, 3.05) is 13.2 Å². The minimum Gasteiger partial charge on any atom is -0.481 e. The van der Waals surface area contributed by atoms with Crippen LogP contribution in [0.25, 0.3) is 11.1 Å². The first-order chi connectivity index (χ1) is 16.6. The normalized spacial score (nSPS) is 18.0. The van der Waals surface area contributed by atoms with Crippen LogP contribution in [0.3, 0.4) is 0 Å². The summed E-state index contributed by atoms with van der Waals surface area (Å²) in [5.74, 6) is -1.23. The van der Waals surface area contributed by atoms with E-state index in [0.29, 0.717) is 19.4 Å². The van der Waals surface area contributed by atoms with Crippen molar-refractivity contribution in [2.45, 2.75) is 64.5 Å². The van der Waals surface area contributed by atoms with E-state index in [1.165, 1.54) is 0 Å². The van der Waals surface area contributed by atoms with Crippen LogP contribution in [0.4, 0.5) is 4.79 Å². The van der Waals surface area contributed by atoms with Crippen LogP contribution in [-0.4, -0.2) is 53.2 Å². The fourth-order valence-electron chi connectivity index (χ4n) is 5.33. The van der Waals surface area contributed by atoms with Crippen molar-refractivity contribution in [1.29, 1.82) is 0 Å². The second-order valence-electron chi connectivity index (χ2n) is 10.7. The zero-order valence-corrected chi connectivity index (χ0v) is 20.6. The Morgan fingerprint density at radius 3 is 2.23 bits per heavy atom. The zero-order valence-electron chi connectivity index (χ0n) is 20.6. The summed E-state index contributed by atoms with van der Waals surface area (Å²) in [6.07, 6.45) is 1.12. The van der Waals surface area contributed by atoms with Crippen LogP contribution in [-0.2, 0) is 14.3 Å². The number of amides is 2. The maximum absolute atomic E-state index is 13.4. The molecule has 186 valence electrons. The molecular weight excluding hydrogens is 444 g/mol. The zero-order chi connectivity index (χ0) is 25.2. The molecule has 1 fully saturated rings. The van der Waals surface area contributed by atoms with Gasteiger partial charge in [-0.05, 0) is 46.9 Å². The van der Waals surface area contributed by atoms with E-state index < -0.39 is 18.1 Å². The highest BCUT2D eigenvalue weighted by Crippen LogP contribution is 2.44. The van der Waals surface area contributed by atoms with Gasteiger partial charge in [0.05, 0.1) is 6.42 Å². The monoisotopic (exact) mass is 478 g/mol. The van der Waals surface area contributed by atoms with Gasteiger partial charge in [0.25, 0.3) is 0 Å². The summed E-state index contributed by atoms with van der Waals surface area (Å²) in [5, 5.41) is 12.0. The van der Waals surface area contributed by atoms with Crippen molar-refractivity contribution in [2.24, 2.45) is 5.41 Å². The Bertz CT molecular complexity index is 1060. The number of carboxylic acids is 1. The number of hydrogen-bond donors (Lipinski definition) is 2. The molecule has 4 rings (SSSR count). The topological polar surface area (TPSA) is 95.9 Å². The average Bonchev–Trinajstić information content (AvgIpc) is 3.38. The van der Waals surface area contributed by atoms with E-state index >= 15 is 0 Å².